The van der Waals surface area contributed by atoms with Crippen molar-refractivity contribution in [2.45, 2.75) is 19.4 Å². The van der Waals surface area contributed by atoms with E-state index in [9.17, 15) is 9.90 Å². The predicted molar refractivity (Wildman–Crippen MR) is 128 cm³/mol. The Labute approximate surface area is 188 Å². The van der Waals surface area contributed by atoms with Crippen LogP contribution in [0.4, 0.5) is 0 Å². The van der Waals surface area contributed by atoms with Crippen LogP contribution in [0, 0.1) is 0 Å². The van der Waals surface area contributed by atoms with Gasteiger partial charge in [0.15, 0.2) is 6.10 Å². The Morgan fingerprint density at radius 2 is 1.50 bits per heavy atom. The minimum absolute atomic E-state index is 0.327. The van der Waals surface area contributed by atoms with E-state index in [1.807, 2.05) is 24.3 Å². The van der Waals surface area contributed by atoms with Crippen LogP contribution in [0.1, 0.15) is 34.7 Å². The van der Waals surface area contributed by atoms with Gasteiger partial charge in [0.2, 0.25) is 0 Å². The van der Waals surface area contributed by atoms with Crippen molar-refractivity contribution in [3.8, 4) is 5.75 Å². The molecule has 0 amide bonds. The Morgan fingerprint density at radius 3 is 2.06 bits per heavy atom. The Balaban J connectivity index is 1.50. The van der Waals surface area contributed by atoms with E-state index >= 15 is 0 Å². The second kappa shape index (κ2) is 10.1. The molecule has 3 aromatic rings. The largest absolute Gasteiger partial charge is 0.490 e. The van der Waals surface area contributed by atoms with Crippen molar-refractivity contribution in [3.63, 3.8) is 0 Å². The van der Waals surface area contributed by atoms with Crippen LogP contribution < -0.4 is 4.74 Å². The molecule has 1 aliphatic carbocycles. The fraction of sp³-hybridized carbons (Fsp3) is 0.179. The Bertz CT molecular complexity index is 1090. The Morgan fingerprint density at radius 1 is 0.906 bits per heavy atom. The van der Waals surface area contributed by atoms with Crippen LogP contribution in [0.2, 0.25) is 0 Å². The standard InChI is InChI=1S/C28H26O4/c1-2-31-27(28(29)30)19-20-11-15-23(16-12-20)32-18-17-26-24-9-5-3-7-21(24)13-14-22-8-4-6-10-25(22)26/h3-17,27H,2,18-19H2,1H3,(H,29,30). The highest BCUT2D eigenvalue weighted by Crippen LogP contribution is 2.33. The van der Waals surface area contributed by atoms with Crippen LogP contribution in [-0.2, 0) is 16.0 Å². The van der Waals surface area contributed by atoms with Crippen molar-refractivity contribution in [1.29, 1.82) is 0 Å². The van der Waals surface area contributed by atoms with Gasteiger partial charge in [-0.2, -0.15) is 0 Å². The summed E-state index contributed by atoms with van der Waals surface area (Å²) in [5, 5.41) is 9.26. The topological polar surface area (TPSA) is 55.8 Å². The first-order valence-corrected chi connectivity index (χ1v) is 10.8. The Kier molecular flexibility index (Phi) is 6.83. The fourth-order valence-electron chi connectivity index (χ4n) is 3.90. The molecular weight excluding hydrogens is 400 g/mol. The molecule has 0 saturated carbocycles. The molecule has 0 heterocycles. The monoisotopic (exact) mass is 426 g/mol. The summed E-state index contributed by atoms with van der Waals surface area (Å²) in [4.78, 5) is 11.3. The lowest BCUT2D eigenvalue weighted by atomic mass is 9.93. The fourth-order valence-corrected chi connectivity index (χ4v) is 3.90. The molecule has 0 bridgehead atoms. The van der Waals surface area contributed by atoms with Crippen LogP contribution in [-0.4, -0.2) is 30.4 Å². The quantitative estimate of drug-likeness (QED) is 0.392. The van der Waals surface area contributed by atoms with Crippen molar-refractivity contribution in [2.75, 3.05) is 13.2 Å². The average Bonchev–Trinajstić information content (AvgIpc) is 2.97. The molecule has 4 heteroatoms. The molecule has 1 aliphatic rings. The summed E-state index contributed by atoms with van der Waals surface area (Å²) in [7, 11) is 0. The summed E-state index contributed by atoms with van der Waals surface area (Å²) >= 11 is 0. The van der Waals surface area contributed by atoms with Gasteiger partial charge in [-0.05, 0) is 58.5 Å². The zero-order chi connectivity index (χ0) is 22.3. The highest BCUT2D eigenvalue weighted by molar-refractivity contribution is 5.93. The normalized spacial score (nSPS) is 13.0. The molecule has 0 radical (unpaired) electrons. The molecule has 32 heavy (non-hydrogen) atoms. The third kappa shape index (κ3) is 4.98. The first kappa shape index (κ1) is 21.6. The molecule has 0 aromatic heterocycles. The highest BCUT2D eigenvalue weighted by Gasteiger charge is 2.18. The zero-order valence-corrected chi connectivity index (χ0v) is 18.0. The van der Waals surface area contributed by atoms with E-state index < -0.39 is 12.1 Å². The number of rotatable bonds is 8. The van der Waals surface area contributed by atoms with E-state index in [2.05, 4.69) is 66.8 Å². The molecule has 1 atom stereocenters. The number of hydrogen-bond donors (Lipinski definition) is 1. The Hall–Kier alpha value is -3.63. The smallest absolute Gasteiger partial charge is 0.333 e. The number of ether oxygens (including phenoxy) is 2. The van der Waals surface area contributed by atoms with Gasteiger partial charge in [-0.3, -0.25) is 0 Å². The van der Waals surface area contributed by atoms with Crippen molar-refractivity contribution < 1.29 is 19.4 Å². The van der Waals surface area contributed by atoms with Gasteiger partial charge in [0.05, 0.1) is 0 Å². The SMILES string of the molecule is CCOC(Cc1ccc(OCC=C2c3ccccc3C=Cc3ccccc32)cc1)C(=O)O. The summed E-state index contributed by atoms with van der Waals surface area (Å²) in [6, 6.07) is 24.3. The maximum absolute atomic E-state index is 11.3. The summed E-state index contributed by atoms with van der Waals surface area (Å²) in [5.74, 6) is -0.209. The molecule has 0 fully saturated rings. The molecule has 4 nitrogen and oxygen atoms in total. The third-order valence-electron chi connectivity index (χ3n) is 5.47. The van der Waals surface area contributed by atoms with E-state index in [-0.39, 0.29) is 0 Å². The number of fused-ring (bicyclic) bond motifs is 2. The van der Waals surface area contributed by atoms with E-state index in [0.29, 0.717) is 19.6 Å². The molecular formula is C28H26O4. The van der Waals surface area contributed by atoms with E-state index in [4.69, 9.17) is 9.47 Å². The van der Waals surface area contributed by atoms with Crippen molar-refractivity contribution in [2.24, 2.45) is 0 Å². The van der Waals surface area contributed by atoms with Crippen LogP contribution in [0.5, 0.6) is 5.75 Å². The van der Waals surface area contributed by atoms with Gasteiger partial charge in [0.1, 0.15) is 12.4 Å². The average molecular weight is 427 g/mol. The van der Waals surface area contributed by atoms with Crippen molar-refractivity contribution in [3.05, 3.63) is 107 Å². The summed E-state index contributed by atoms with van der Waals surface area (Å²) < 4.78 is 11.3. The number of aliphatic carboxylic acids is 1. The highest BCUT2D eigenvalue weighted by atomic mass is 16.5. The molecule has 1 N–H and O–H groups in total. The number of hydrogen-bond acceptors (Lipinski definition) is 3. The summed E-state index contributed by atoms with van der Waals surface area (Å²) in [6.07, 6.45) is 5.92. The summed E-state index contributed by atoms with van der Waals surface area (Å²) in [5.41, 5.74) is 6.78. The first-order chi connectivity index (χ1) is 15.7. The van der Waals surface area contributed by atoms with Crippen LogP contribution in [0.15, 0.2) is 78.9 Å². The molecule has 3 aromatic carbocycles. The number of carboxylic acid groups (broad SMARTS) is 1. The molecule has 4 rings (SSSR count). The lowest BCUT2D eigenvalue weighted by molar-refractivity contribution is -0.149. The molecule has 0 spiro atoms. The number of carbonyl (C=O) groups is 1. The minimum atomic E-state index is -0.947. The second-order valence-corrected chi connectivity index (χ2v) is 7.57. The van der Waals surface area contributed by atoms with Gasteiger partial charge < -0.3 is 14.6 Å². The third-order valence-corrected chi connectivity index (χ3v) is 5.47. The van der Waals surface area contributed by atoms with Gasteiger partial charge in [0.25, 0.3) is 0 Å². The van der Waals surface area contributed by atoms with Crippen molar-refractivity contribution >= 4 is 23.7 Å². The van der Waals surface area contributed by atoms with E-state index in [1.54, 1.807) is 6.92 Å². The number of carboxylic acids is 1. The van der Waals surface area contributed by atoms with Gasteiger partial charge in [-0.15, -0.1) is 0 Å². The number of benzene rings is 3. The molecule has 162 valence electrons. The minimum Gasteiger partial charge on any atom is -0.490 e. The zero-order valence-electron chi connectivity index (χ0n) is 18.0. The van der Waals surface area contributed by atoms with Crippen LogP contribution >= 0.6 is 0 Å². The van der Waals surface area contributed by atoms with Gasteiger partial charge in [0, 0.05) is 13.0 Å². The summed E-state index contributed by atoms with van der Waals surface area (Å²) in [6.45, 7) is 2.59. The van der Waals surface area contributed by atoms with Crippen LogP contribution in [0.25, 0.3) is 17.7 Å². The lowest BCUT2D eigenvalue weighted by Crippen LogP contribution is -2.26. The molecule has 1 unspecified atom stereocenters. The predicted octanol–water partition coefficient (Wildman–Crippen LogP) is 5.71. The van der Waals surface area contributed by atoms with Gasteiger partial charge in [-0.25, -0.2) is 4.79 Å². The van der Waals surface area contributed by atoms with Crippen molar-refractivity contribution in [1.82, 2.24) is 0 Å². The maximum atomic E-state index is 11.3. The molecule has 0 saturated heterocycles. The first-order valence-electron chi connectivity index (χ1n) is 10.8. The van der Waals surface area contributed by atoms with E-state index in [0.717, 1.165) is 16.9 Å². The molecule has 0 aliphatic heterocycles. The lowest BCUT2D eigenvalue weighted by Gasteiger charge is -2.13. The van der Waals surface area contributed by atoms with Gasteiger partial charge >= 0.3 is 5.97 Å². The van der Waals surface area contributed by atoms with E-state index in [1.165, 1.54) is 22.3 Å². The maximum Gasteiger partial charge on any atom is 0.333 e. The second-order valence-electron chi connectivity index (χ2n) is 7.57. The van der Waals surface area contributed by atoms with Crippen LogP contribution in [0.3, 0.4) is 0 Å². The van der Waals surface area contributed by atoms with Gasteiger partial charge in [-0.1, -0.05) is 72.8 Å².